The molecule has 1 aromatic rings. The van der Waals surface area contributed by atoms with Gasteiger partial charge in [0.2, 0.25) is 0 Å². The van der Waals surface area contributed by atoms with E-state index in [4.69, 9.17) is 10.4 Å². The highest BCUT2D eigenvalue weighted by atomic mass is 16.4. The first-order valence-corrected chi connectivity index (χ1v) is 6.48. The number of rotatable bonds is 7. The molecule has 19 heavy (non-hydrogen) atoms. The molecule has 102 valence electrons. The Hall–Kier alpha value is -1.86. The van der Waals surface area contributed by atoms with Crippen molar-refractivity contribution in [3.63, 3.8) is 0 Å². The Morgan fingerprint density at radius 1 is 1.47 bits per heavy atom. The monoisotopic (exact) mass is 260 g/mol. The van der Waals surface area contributed by atoms with Crippen molar-refractivity contribution in [1.82, 2.24) is 4.90 Å². The molecule has 0 aromatic heterocycles. The smallest absolute Gasteiger partial charge is 0.303 e. The Labute approximate surface area is 114 Å². The van der Waals surface area contributed by atoms with Gasteiger partial charge in [0, 0.05) is 19.0 Å². The fourth-order valence-corrected chi connectivity index (χ4v) is 1.93. The van der Waals surface area contributed by atoms with Crippen molar-refractivity contribution in [2.75, 3.05) is 6.54 Å². The molecule has 1 rings (SSSR count). The zero-order chi connectivity index (χ0) is 14.3. The van der Waals surface area contributed by atoms with E-state index in [2.05, 4.69) is 24.8 Å². The van der Waals surface area contributed by atoms with Gasteiger partial charge >= 0.3 is 5.97 Å². The summed E-state index contributed by atoms with van der Waals surface area (Å²) in [5.41, 5.74) is 1.75. The van der Waals surface area contributed by atoms with Crippen LogP contribution >= 0.6 is 0 Å². The number of nitrogens with zero attached hydrogens (tertiary/aromatic N) is 2. The molecule has 0 unspecified atom stereocenters. The summed E-state index contributed by atoms with van der Waals surface area (Å²) < 4.78 is 0. The summed E-state index contributed by atoms with van der Waals surface area (Å²) in [6, 6.07) is 10.0. The minimum Gasteiger partial charge on any atom is -0.481 e. The average Bonchev–Trinajstić information content (AvgIpc) is 2.37. The molecule has 1 N–H and O–H groups in total. The summed E-state index contributed by atoms with van der Waals surface area (Å²) in [7, 11) is 0. The molecule has 0 aliphatic carbocycles. The minimum atomic E-state index is -0.754. The number of carboxylic acids is 1. The molecule has 0 aliphatic rings. The van der Waals surface area contributed by atoms with Crippen LogP contribution in [0.5, 0.6) is 0 Å². The molecular weight excluding hydrogens is 240 g/mol. The summed E-state index contributed by atoms with van der Waals surface area (Å²) in [5, 5.41) is 17.5. The zero-order valence-electron chi connectivity index (χ0n) is 11.5. The van der Waals surface area contributed by atoms with Gasteiger partial charge < -0.3 is 5.11 Å². The topological polar surface area (TPSA) is 64.3 Å². The molecule has 0 saturated heterocycles. The van der Waals surface area contributed by atoms with Gasteiger partial charge in [-0.25, -0.2) is 0 Å². The van der Waals surface area contributed by atoms with E-state index in [1.54, 1.807) is 6.07 Å². The average molecular weight is 260 g/mol. The van der Waals surface area contributed by atoms with Crippen LogP contribution in [-0.2, 0) is 11.3 Å². The van der Waals surface area contributed by atoms with Crippen LogP contribution in [0.3, 0.4) is 0 Å². The van der Waals surface area contributed by atoms with Gasteiger partial charge in [-0.05, 0) is 44.5 Å². The number of nitriles is 1. The zero-order valence-corrected chi connectivity index (χ0v) is 11.5. The van der Waals surface area contributed by atoms with Crippen molar-refractivity contribution in [3.05, 3.63) is 35.4 Å². The van der Waals surface area contributed by atoms with Crippen LogP contribution in [-0.4, -0.2) is 28.6 Å². The predicted octanol–water partition coefficient (Wildman–Crippen LogP) is 2.63. The summed E-state index contributed by atoms with van der Waals surface area (Å²) in [4.78, 5) is 12.8. The summed E-state index contributed by atoms with van der Waals surface area (Å²) in [6.45, 7) is 5.68. The SMILES string of the molecule is CC(C)N(CCCC(=O)O)Cc1cccc(C#N)c1. The molecule has 0 aliphatic heterocycles. The lowest BCUT2D eigenvalue weighted by Crippen LogP contribution is -2.31. The highest BCUT2D eigenvalue weighted by Gasteiger charge is 2.11. The third kappa shape index (κ3) is 5.54. The number of aliphatic carboxylic acids is 1. The van der Waals surface area contributed by atoms with E-state index in [1.165, 1.54) is 0 Å². The maximum atomic E-state index is 10.5. The molecule has 4 nitrogen and oxygen atoms in total. The van der Waals surface area contributed by atoms with Crippen LogP contribution in [0.15, 0.2) is 24.3 Å². The summed E-state index contributed by atoms with van der Waals surface area (Å²) in [5.74, 6) is -0.754. The third-order valence-corrected chi connectivity index (χ3v) is 3.01. The van der Waals surface area contributed by atoms with Crippen LogP contribution < -0.4 is 0 Å². The Balaban J connectivity index is 2.62. The highest BCUT2D eigenvalue weighted by molar-refractivity contribution is 5.66. The summed E-state index contributed by atoms with van der Waals surface area (Å²) in [6.07, 6.45) is 0.840. The maximum absolute atomic E-state index is 10.5. The molecule has 4 heteroatoms. The third-order valence-electron chi connectivity index (χ3n) is 3.01. The molecule has 0 heterocycles. The van der Waals surface area contributed by atoms with Crippen molar-refractivity contribution in [2.45, 2.75) is 39.3 Å². The fourth-order valence-electron chi connectivity index (χ4n) is 1.93. The van der Waals surface area contributed by atoms with E-state index in [-0.39, 0.29) is 6.42 Å². The normalized spacial score (nSPS) is 10.7. The molecule has 0 spiro atoms. The largest absolute Gasteiger partial charge is 0.481 e. The first-order valence-electron chi connectivity index (χ1n) is 6.48. The molecule has 0 amide bonds. The van der Waals surface area contributed by atoms with Gasteiger partial charge in [-0.2, -0.15) is 5.26 Å². The van der Waals surface area contributed by atoms with E-state index in [0.717, 1.165) is 18.7 Å². The van der Waals surface area contributed by atoms with Crippen LogP contribution in [0.25, 0.3) is 0 Å². The lowest BCUT2D eigenvalue weighted by molar-refractivity contribution is -0.137. The predicted molar refractivity (Wildman–Crippen MR) is 73.6 cm³/mol. The molecular formula is C15H20N2O2. The number of hydrogen-bond donors (Lipinski definition) is 1. The summed E-state index contributed by atoms with van der Waals surface area (Å²) >= 11 is 0. The van der Waals surface area contributed by atoms with E-state index in [0.29, 0.717) is 18.0 Å². The highest BCUT2D eigenvalue weighted by Crippen LogP contribution is 2.11. The lowest BCUT2D eigenvalue weighted by atomic mass is 10.1. The number of carboxylic acid groups (broad SMARTS) is 1. The van der Waals surface area contributed by atoms with E-state index >= 15 is 0 Å². The van der Waals surface area contributed by atoms with Gasteiger partial charge in [-0.1, -0.05) is 12.1 Å². The first kappa shape index (κ1) is 15.2. The quantitative estimate of drug-likeness (QED) is 0.818. The molecule has 0 fully saturated rings. The molecule has 0 bridgehead atoms. The van der Waals surface area contributed by atoms with Crippen molar-refractivity contribution in [3.8, 4) is 6.07 Å². The Morgan fingerprint density at radius 3 is 2.79 bits per heavy atom. The number of benzene rings is 1. The Kier molecular flexibility index (Phi) is 6.04. The van der Waals surface area contributed by atoms with E-state index in [1.807, 2.05) is 18.2 Å². The number of hydrogen-bond acceptors (Lipinski definition) is 3. The van der Waals surface area contributed by atoms with E-state index in [9.17, 15) is 4.79 Å². The second-order valence-corrected chi connectivity index (χ2v) is 4.87. The standard InChI is InChI=1S/C15H20N2O2/c1-12(2)17(8-4-7-15(18)19)11-14-6-3-5-13(9-14)10-16/h3,5-6,9,12H,4,7-8,11H2,1-2H3,(H,18,19). The van der Waals surface area contributed by atoms with Crippen LogP contribution in [0.4, 0.5) is 0 Å². The number of carbonyl (C=O) groups is 1. The molecule has 0 saturated carbocycles. The van der Waals surface area contributed by atoms with Crippen molar-refractivity contribution < 1.29 is 9.90 Å². The van der Waals surface area contributed by atoms with Gasteiger partial charge in [0.1, 0.15) is 0 Å². The fraction of sp³-hybridized carbons (Fsp3) is 0.467. The van der Waals surface area contributed by atoms with Gasteiger partial charge in [0.25, 0.3) is 0 Å². The van der Waals surface area contributed by atoms with Crippen LogP contribution in [0.2, 0.25) is 0 Å². The van der Waals surface area contributed by atoms with Gasteiger partial charge in [0.15, 0.2) is 0 Å². The van der Waals surface area contributed by atoms with Gasteiger partial charge in [-0.3, -0.25) is 9.69 Å². The Bertz CT molecular complexity index is 463. The van der Waals surface area contributed by atoms with Gasteiger partial charge in [0.05, 0.1) is 11.6 Å². The second kappa shape index (κ2) is 7.55. The van der Waals surface area contributed by atoms with Gasteiger partial charge in [-0.15, -0.1) is 0 Å². The molecule has 1 aromatic carbocycles. The first-order chi connectivity index (χ1) is 9.02. The van der Waals surface area contributed by atoms with Crippen molar-refractivity contribution >= 4 is 5.97 Å². The Morgan fingerprint density at radius 2 is 2.21 bits per heavy atom. The molecule has 0 radical (unpaired) electrons. The second-order valence-electron chi connectivity index (χ2n) is 4.87. The van der Waals surface area contributed by atoms with Crippen molar-refractivity contribution in [2.24, 2.45) is 0 Å². The lowest BCUT2D eigenvalue weighted by Gasteiger charge is -2.26. The van der Waals surface area contributed by atoms with E-state index < -0.39 is 5.97 Å². The van der Waals surface area contributed by atoms with Crippen LogP contribution in [0.1, 0.15) is 37.8 Å². The maximum Gasteiger partial charge on any atom is 0.303 e. The minimum absolute atomic E-state index is 0.196. The van der Waals surface area contributed by atoms with Crippen LogP contribution in [0, 0.1) is 11.3 Å². The van der Waals surface area contributed by atoms with Crippen molar-refractivity contribution in [1.29, 1.82) is 5.26 Å². The molecule has 0 atom stereocenters.